The lowest BCUT2D eigenvalue weighted by Gasteiger charge is -2.34. The molecule has 0 bridgehead atoms. The van der Waals surface area contributed by atoms with E-state index in [-0.39, 0.29) is 17.6 Å². The largest absolute Gasteiger partial charge is 0.396 e. The average molecular weight is 471 g/mol. The van der Waals surface area contributed by atoms with Gasteiger partial charge < -0.3 is 20.6 Å². The van der Waals surface area contributed by atoms with Crippen molar-refractivity contribution in [1.29, 1.82) is 0 Å². The number of halogens is 1. The number of hydrogen-bond acceptors (Lipinski definition) is 8. The number of aliphatic hydroxyl groups is 1. The molecule has 0 aliphatic carbocycles. The van der Waals surface area contributed by atoms with Gasteiger partial charge in [-0.2, -0.15) is 0 Å². The fourth-order valence-electron chi connectivity index (χ4n) is 4.26. The normalized spacial score (nSPS) is 14.5. The van der Waals surface area contributed by atoms with Gasteiger partial charge in [0.2, 0.25) is 5.28 Å². The third-order valence-electron chi connectivity index (χ3n) is 6.00. The minimum absolute atomic E-state index is 0.0366. The molecule has 1 saturated heterocycles. The number of aliphatic hydroxyl groups excluding tert-OH is 1. The first kappa shape index (κ1) is 23.0. The zero-order valence-corrected chi connectivity index (χ0v) is 19.2. The van der Waals surface area contributed by atoms with E-state index >= 15 is 0 Å². The Kier molecular flexibility index (Phi) is 7.10. The topological polar surface area (TPSA) is 116 Å². The summed E-state index contributed by atoms with van der Waals surface area (Å²) in [6.45, 7) is 4.91. The van der Waals surface area contributed by atoms with Crippen LogP contribution < -0.4 is 15.5 Å². The summed E-state index contributed by atoms with van der Waals surface area (Å²) in [4.78, 5) is 22.1. The zero-order valence-electron chi connectivity index (χ0n) is 18.4. The summed E-state index contributed by atoms with van der Waals surface area (Å²) in [6, 6.07) is 11.3. The standard InChI is InChI=1S/C23H27ClN6O3/c1-2-25-19-12-18-17(11-21(19)30(32)33)22(28-23(24)27-18)26-13-16-5-3-4-6-20(16)29-9-7-15(14-31)8-10-29/h3-6,11-12,15,25,31H,2,7-10,13-14H2,1H3,(H,26,27,28). The second-order valence-corrected chi connectivity index (χ2v) is 8.45. The molecular weight excluding hydrogens is 444 g/mol. The molecule has 2 aromatic carbocycles. The van der Waals surface area contributed by atoms with Gasteiger partial charge in [-0.25, -0.2) is 9.97 Å². The molecule has 0 amide bonds. The molecule has 9 nitrogen and oxygen atoms in total. The van der Waals surface area contributed by atoms with Crippen LogP contribution in [0.4, 0.5) is 22.9 Å². The van der Waals surface area contributed by atoms with Crippen LogP contribution in [-0.2, 0) is 6.54 Å². The van der Waals surface area contributed by atoms with Crippen LogP contribution in [0.25, 0.3) is 10.9 Å². The maximum absolute atomic E-state index is 11.6. The van der Waals surface area contributed by atoms with Crippen LogP contribution in [0.3, 0.4) is 0 Å². The average Bonchev–Trinajstić information content (AvgIpc) is 2.82. The van der Waals surface area contributed by atoms with Crippen LogP contribution in [0.1, 0.15) is 25.3 Å². The Labute approximate surface area is 196 Å². The smallest absolute Gasteiger partial charge is 0.293 e. The number of piperidine rings is 1. The summed E-state index contributed by atoms with van der Waals surface area (Å²) in [5.41, 5.74) is 3.10. The van der Waals surface area contributed by atoms with E-state index in [9.17, 15) is 15.2 Å². The minimum Gasteiger partial charge on any atom is -0.396 e. The molecule has 0 spiro atoms. The molecule has 1 fully saturated rings. The molecule has 33 heavy (non-hydrogen) atoms. The fraction of sp³-hybridized carbons (Fsp3) is 0.391. The van der Waals surface area contributed by atoms with Crippen molar-refractivity contribution in [3.8, 4) is 0 Å². The zero-order chi connectivity index (χ0) is 23.4. The van der Waals surface area contributed by atoms with E-state index in [2.05, 4.69) is 37.6 Å². The van der Waals surface area contributed by atoms with Crippen molar-refractivity contribution in [2.75, 3.05) is 41.8 Å². The number of nitrogens with zero attached hydrogens (tertiary/aromatic N) is 4. The SMILES string of the molecule is CCNc1cc2nc(Cl)nc(NCc3ccccc3N3CCC(CO)CC3)c2cc1[N+](=O)[O-]. The second kappa shape index (κ2) is 10.2. The van der Waals surface area contributed by atoms with Gasteiger partial charge in [-0.05, 0) is 55.0 Å². The number of rotatable bonds is 8. The Hall–Kier alpha value is -3.17. The Morgan fingerprint density at radius 2 is 1.97 bits per heavy atom. The highest BCUT2D eigenvalue weighted by Gasteiger charge is 2.21. The quantitative estimate of drug-likeness (QED) is 0.251. The Bertz CT molecular complexity index is 1150. The third-order valence-corrected chi connectivity index (χ3v) is 6.17. The highest BCUT2D eigenvalue weighted by atomic mass is 35.5. The van der Waals surface area contributed by atoms with Crippen LogP contribution in [-0.4, -0.2) is 46.2 Å². The van der Waals surface area contributed by atoms with E-state index in [4.69, 9.17) is 11.6 Å². The molecule has 174 valence electrons. The third kappa shape index (κ3) is 5.09. The fourth-order valence-corrected chi connectivity index (χ4v) is 4.43. The number of anilines is 3. The molecule has 0 atom stereocenters. The lowest BCUT2D eigenvalue weighted by molar-refractivity contribution is -0.383. The number of fused-ring (bicyclic) bond motifs is 1. The van der Waals surface area contributed by atoms with E-state index in [1.807, 2.05) is 19.1 Å². The highest BCUT2D eigenvalue weighted by molar-refractivity contribution is 6.28. The van der Waals surface area contributed by atoms with E-state index in [1.54, 1.807) is 6.07 Å². The van der Waals surface area contributed by atoms with Crippen molar-refractivity contribution in [2.24, 2.45) is 5.92 Å². The van der Waals surface area contributed by atoms with Crippen LogP contribution in [0.2, 0.25) is 5.28 Å². The van der Waals surface area contributed by atoms with Crippen molar-refractivity contribution in [1.82, 2.24) is 9.97 Å². The molecule has 3 aromatic rings. The number of hydrogen-bond donors (Lipinski definition) is 3. The van der Waals surface area contributed by atoms with Crippen LogP contribution in [0.15, 0.2) is 36.4 Å². The van der Waals surface area contributed by atoms with Crippen molar-refractivity contribution in [2.45, 2.75) is 26.3 Å². The maximum Gasteiger partial charge on any atom is 0.293 e. The molecule has 0 saturated carbocycles. The first-order valence-electron chi connectivity index (χ1n) is 11.1. The van der Waals surface area contributed by atoms with Gasteiger partial charge in [-0.3, -0.25) is 10.1 Å². The van der Waals surface area contributed by atoms with E-state index < -0.39 is 4.92 Å². The molecule has 2 heterocycles. The highest BCUT2D eigenvalue weighted by Crippen LogP contribution is 2.34. The first-order valence-corrected chi connectivity index (χ1v) is 11.4. The van der Waals surface area contributed by atoms with Gasteiger partial charge in [0.05, 0.1) is 10.4 Å². The Morgan fingerprint density at radius 3 is 2.67 bits per heavy atom. The molecule has 10 heteroatoms. The van der Waals surface area contributed by atoms with Crippen molar-refractivity contribution in [3.63, 3.8) is 0 Å². The van der Waals surface area contributed by atoms with Crippen LogP contribution in [0, 0.1) is 16.0 Å². The minimum atomic E-state index is -0.416. The molecular formula is C23H27ClN6O3. The lowest BCUT2D eigenvalue weighted by Crippen LogP contribution is -2.35. The first-order chi connectivity index (χ1) is 16.0. The van der Waals surface area contributed by atoms with Gasteiger partial charge in [0.15, 0.2) is 0 Å². The van der Waals surface area contributed by atoms with E-state index in [1.165, 1.54) is 6.07 Å². The summed E-state index contributed by atoms with van der Waals surface area (Å²) in [6.07, 6.45) is 1.92. The molecule has 1 aliphatic heterocycles. The monoisotopic (exact) mass is 470 g/mol. The van der Waals surface area contributed by atoms with E-state index in [0.717, 1.165) is 37.2 Å². The van der Waals surface area contributed by atoms with Gasteiger partial charge in [-0.1, -0.05) is 18.2 Å². The van der Waals surface area contributed by atoms with Gasteiger partial charge in [-0.15, -0.1) is 0 Å². The molecule has 1 aromatic heterocycles. The molecule has 0 unspecified atom stereocenters. The van der Waals surface area contributed by atoms with Gasteiger partial charge >= 0.3 is 0 Å². The predicted octanol–water partition coefficient (Wildman–Crippen LogP) is 4.44. The van der Waals surface area contributed by atoms with Crippen LogP contribution >= 0.6 is 11.6 Å². The van der Waals surface area contributed by atoms with Gasteiger partial charge in [0, 0.05) is 49.9 Å². The van der Waals surface area contributed by atoms with E-state index in [0.29, 0.717) is 41.4 Å². The number of nitro benzene ring substituents is 1. The number of nitro groups is 1. The summed E-state index contributed by atoms with van der Waals surface area (Å²) < 4.78 is 0. The summed E-state index contributed by atoms with van der Waals surface area (Å²) in [5.74, 6) is 0.814. The summed E-state index contributed by atoms with van der Waals surface area (Å²) in [5, 5.41) is 28.0. The van der Waals surface area contributed by atoms with Crippen molar-refractivity contribution in [3.05, 3.63) is 57.4 Å². The summed E-state index contributed by atoms with van der Waals surface area (Å²) in [7, 11) is 0. The maximum atomic E-state index is 11.6. The van der Waals surface area contributed by atoms with Gasteiger partial charge in [0.25, 0.3) is 5.69 Å². The van der Waals surface area contributed by atoms with Crippen molar-refractivity contribution >= 4 is 45.4 Å². The molecule has 1 aliphatic rings. The molecule has 4 rings (SSSR count). The molecule has 3 N–H and O–H groups in total. The van der Waals surface area contributed by atoms with Gasteiger partial charge in [0.1, 0.15) is 11.5 Å². The second-order valence-electron chi connectivity index (χ2n) is 8.11. The number of para-hydroxylation sites is 1. The number of nitrogens with one attached hydrogen (secondary N) is 2. The molecule has 0 radical (unpaired) electrons. The predicted molar refractivity (Wildman–Crippen MR) is 131 cm³/mol. The Morgan fingerprint density at radius 1 is 1.21 bits per heavy atom. The summed E-state index contributed by atoms with van der Waals surface area (Å²) >= 11 is 6.17. The van der Waals surface area contributed by atoms with Crippen LogP contribution in [0.5, 0.6) is 0 Å². The number of aromatic nitrogens is 2. The Balaban J connectivity index is 1.63. The lowest BCUT2D eigenvalue weighted by atomic mass is 9.97. The number of benzene rings is 2. The van der Waals surface area contributed by atoms with Crippen molar-refractivity contribution < 1.29 is 10.0 Å².